The fraction of sp³-hybridized carbons (Fsp3) is 0.360. The summed E-state index contributed by atoms with van der Waals surface area (Å²) in [6.07, 6.45) is 2.56. The molecule has 3 aromatic heterocycles. The number of nitrogens with one attached hydrogen (secondary N) is 1. The van der Waals surface area contributed by atoms with E-state index in [0.717, 1.165) is 24.3 Å². The summed E-state index contributed by atoms with van der Waals surface area (Å²) >= 11 is 0. The lowest BCUT2D eigenvalue weighted by Gasteiger charge is -2.19. The van der Waals surface area contributed by atoms with Crippen LogP contribution in [0, 0.1) is 0 Å². The van der Waals surface area contributed by atoms with Crippen molar-refractivity contribution in [3.8, 4) is 5.82 Å². The van der Waals surface area contributed by atoms with Crippen molar-refractivity contribution in [1.29, 1.82) is 0 Å². The highest BCUT2D eigenvalue weighted by molar-refractivity contribution is 5.77. The van der Waals surface area contributed by atoms with Gasteiger partial charge in [-0.3, -0.25) is 4.79 Å². The number of fused-ring (bicyclic) bond motifs is 1. The normalized spacial score (nSPS) is 12.0. The Hall–Kier alpha value is -3.52. The first-order chi connectivity index (χ1) is 15.6. The molecule has 0 radical (unpaired) electrons. The summed E-state index contributed by atoms with van der Waals surface area (Å²) in [4.78, 5) is 28.9. The van der Waals surface area contributed by atoms with Crippen molar-refractivity contribution in [2.45, 2.75) is 32.6 Å². The summed E-state index contributed by atoms with van der Waals surface area (Å²) in [5, 5.41) is 3.70. The van der Waals surface area contributed by atoms with Gasteiger partial charge >= 0.3 is 0 Å². The minimum absolute atomic E-state index is 0.113. The van der Waals surface area contributed by atoms with E-state index in [9.17, 15) is 4.79 Å². The lowest BCUT2D eigenvalue weighted by molar-refractivity contribution is 0.413. The van der Waals surface area contributed by atoms with Crippen LogP contribution in [-0.4, -0.2) is 49.9 Å². The Morgan fingerprint density at radius 3 is 2.42 bits per heavy atom. The molecular weight excluding hydrogens is 414 g/mol. The number of anilines is 2. The molecule has 0 aliphatic heterocycles. The van der Waals surface area contributed by atoms with E-state index in [0.29, 0.717) is 22.8 Å². The van der Waals surface area contributed by atoms with Crippen molar-refractivity contribution in [2.24, 2.45) is 7.05 Å². The second kappa shape index (κ2) is 8.78. The fourth-order valence-corrected chi connectivity index (χ4v) is 3.61. The molecule has 0 saturated heterocycles. The Bertz CT molecular complexity index is 1330. The fourth-order valence-electron chi connectivity index (χ4n) is 3.61. The van der Waals surface area contributed by atoms with Crippen LogP contribution in [0.15, 0.2) is 53.5 Å². The van der Waals surface area contributed by atoms with Gasteiger partial charge < -0.3 is 10.2 Å². The molecule has 8 heteroatoms. The summed E-state index contributed by atoms with van der Waals surface area (Å²) in [5.41, 5.74) is 3.34. The van der Waals surface area contributed by atoms with Gasteiger partial charge in [0.2, 0.25) is 5.95 Å². The molecule has 0 fully saturated rings. The van der Waals surface area contributed by atoms with Crippen LogP contribution >= 0.6 is 0 Å². The molecule has 0 spiro atoms. The highest BCUT2D eigenvalue weighted by Crippen LogP contribution is 2.23. The number of hydrogen-bond donors (Lipinski definition) is 1. The molecule has 0 bridgehead atoms. The molecule has 172 valence electrons. The quantitative estimate of drug-likeness (QED) is 0.488. The maximum atomic E-state index is 12.8. The van der Waals surface area contributed by atoms with Crippen LogP contribution in [-0.2, 0) is 18.9 Å². The van der Waals surface area contributed by atoms with Gasteiger partial charge in [0.15, 0.2) is 11.5 Å². The van der Waals surface area contributed by atoms with Crippen LogP contribution < -0.4 is 10.9 Å². The molecule has 1 aromatic carbocycles. The predicted octanol–water partition coefficient (Wildman–Crippen LogP) is 3.66. The lowest BCUT2D eigenvalue weighted by atomic mass is 9.92. The van der Waals surface area contributed by atoms with Crippen LogP contribution in [0.4, 0.5) is 11.6 Å². The third kappa shape index (κ3) is 4.80. The number of pyridine rings is 1. The largest absolute Gasteiger partial charge is 0.324 e. The van der Waals surface area contributed by atoms with Gasteiger partial charge in [-0.05, 0) is 50.3 Å². The number of nitrogens with zero attached hydrogens (tertiary/aromatic N) is 6. The molecule has 0 atom stereocenters. The van der Waals surface area contributed by atoms with Gasteiger partial charge in [-0.2, -0.15) is 4.98 Å². The lowest BCUT2D eigenvalue weighted by Crippen LogP contribution is -2.20. The average Bonchev–Trinajstić information content (AvgIpc) is 3.02. The Morgan fingerprint density at radius 1 is 1.03 bits per heavy atom. The Kier molecular flexibility index (Phi) is 6.03. The maximum Gasteiger partial charge on any atom is 0.277 e. The highest BCUT2D eigenvalue weighted by Gasteiger charge is 2.19. The third-order valence-corrected chi connectivity index (χ3v) is 5.57. The zero-order chi connectivity index (χ0) is 23.8. The van der Waals surface area contributed by atoms with E-state index in [1.165, 1.54) is 10.2 Å². The van der Waals surface area contributed by atoms with E-state index in [1.54, 1.807) is 17.9 Å². The summed E-state index contributed by atoms with van der Waals surface area (Å²) < 4.78 is 3.27. The van der Waals surface area contributed by atoms with Crippen LogP contribution in [0.1, 0.15) is 32.0 Å². The van der Waals surface area contributed by atoms with Crippen LogP contribution in [0.25, 0.3) is 16.9 Å². The van der Waals surface area contributed by atoms with Gasteiger partial charge in [0.25, 0.3) is 5.56 Å². The van der Waals surface area contributed by atoms with Crippen molar-refractivity contribution in [3.05, 3.63) is 70.3 Å². The van der Waals surface area contributed by atoms with E-state index in [1.807, 2.05) is 30.3 Å². The molecule has 0 saturated carbocycles. The van der Waals surface area contributed by atoms with E-state index in [-0.39, 0.29) is 11.0 Å². The van der Waals surface area contributed by atoms with Crippen molar-refractivity contribution < 1.29 is 0 Å². The number of aromatic nitrogens is 5. The van der Waals surface area contributed by atoms with Gasteiger partial charge in [-0.15, -0.1) is 0 Å². The maximum absolute atomic E-state index is 12.8. The second-order valence-corrected chi connectivity index (χ2v) is 9.58. The van der Waals surface area contributed by atoms with Crippen LogP contribution in [0.3, 0.4) is 0 Å². The first-order valence-corrected chi connectivity index (χ1v) is 11.1. The molecule has 0 aliphatic carbocycles. The van der Waals surface area contributed by atoms with Gasteiger partial charge in [0.05, 0.1) is 0 Å². The van der Waals surface area contributed by atoms with Crippen molar-refractivity contribution in [3.63, 3.8) is 0 Å². The van der Waals surface area contributed by atoms with E-state index >= 15 is 0 Å². The molecule has 33 heavy (non-hydrogen) atoms. The first kappa shape index (κ1) is 22.7. The topological polar surface area (TPSA) is 80.9 Å². The highest BCUT2D eigenvalue weighted by atomic mass is 16.1. The Balaban J connectivity index is 1.69. The molecule has 4 aromatic rings. The standard InChI is InChI=1S/C25H31N7O/c1-25(2,3)20-8-7-9-21(28-20)32-22-19(23(33)31(32)6)16-26-24(29-22)27-18-12-10-17(11-13-18)14-15-30(4)5/h7-13,16H,14-15H2,1-6H3,(H,26,27,29). The summed E-state index contributed by atoms with van der Waals surface area (Å²) in [7, 11) is 5.86. The monoisotopic (exact) mass is 445 g/mol. The molecule has 0 aliphatic rings. The SMILES string of the molecule is CN(C)CCc1ccc(Nc2ncc3c(=O)n(C)n(-c4cccc(C(C)(C)C)n4)c3n2)cc1. The molecule has 8 nitrogen and oxygen atoms in total. The Morgan fingerprint density at radius 2 is 1.76 bits per heavy atom. The summed E-state index contributed by atoms with van der Waals surface area (Å²) in [5.74, 6) is 1.07. The van der Waals surface area contributed by atoms with Gasteiger partial charge in [-0.1, -0.05) is 39.0 Å². The second-order valence-electron chi connectivity index (χ2n) is 9.58. The zero-order valence-electron chi connectivity index (χ0n) is 20.1. The minimum atomic E-state index is -0.162. The van der Waals surface area contributed by atoms with Gasteiger partial charge in [0.1, 0.15) is 5.39 Å². The number of likely N-dealkylation sites (N-methyl/N-ethyl adjacent to an activating group) is 1. The number of benzene rings is 1. The first-order valence-electron chi connectivity index (χ1n) is 11.1. The smallest absolute Gasteiger partial charge is 0.277 e. The van der Waals surface area contributed by atoms with Crippen LogP contribution in [0.2, 0.25) is 0 Å². The van der Waals surface area contributed by atoms with Gasteiger partial charge in [0, 0.05) is 36.6 Å². The number of rotatable bonds is 6. The average molecular weight is 446 g/mol. The molecule has 0 unspecified atom stereocenters. The van der Waals surface area contributed by atoms with E-state index in [4.69, 9.17) is 4.98 Å². The van der Waals surface area contributed by atoms with Crippen LogP contribution in [0.5, 0.6) is 0 Å². The van der Waals surface area contributed by atoms with Crippen molar-refractivity contribution in [1.82, 2.24) is 29.2 Å². The zero-order valence-corrected chi connectivity index (χ0v) is 20.1. The van der Waals surface area contributed by atoms with Crippen molar-refractivity contribution >= 4 is 22.7 Å². The molecular formula is C25H31N7O. The van der Waals surface area contributed by atoms with Crippen molar-refractivity contribution in [2.75, 3.05) is 26.0 Å². The van der Waals surface area contributed by atoms with E-state index in [2.05, 4.69) is 67.2 Å². The molecule has 4 rings (SSSR count). The molecule has 1 N–H and O–H groups in total. The molecule has 0 amide bonds. The minimum Gasteiger partial charge on any atom is -0.324 e. The van der Waals surface area contributed by atoms with Gasteiger partial charge in [-0.25, -0.2) is 19.3 Å². The van der Waals surface area contributed by atoms with E-state index < -0.39 is 0 Å². The number of hydrogen-bond acceptors (Lipinski definition) is 6. The third-order valence-electron chi connectivity index (χ3n) is 5.57. The predicted molar refractivity (Wildman–Crippen MR) is 133 cm³/mol. The molecule has 3 heterocycles. The summed E-state index contributed by atoms with van der Waals surface area (Å²) in [6, 6.07) is 14.1. The Labute approximate surface area is 193 Å². The summed E-state index contributed by atoms with van der Waals surface area (Å²) in [6.45, 7) is 7.34.